The van der Waals surface area contributed by atoms with Crippen molar-refractivity contribution in [3.8, 4) is 0 Å². The van der Waals surface area contributed by atoms with Gasteiger partial charge in [0.15, 0.2) is 0 Å². The van der Waals surface area contributed by atoms with E-state index in [4.69, 9.17) is 0 Å². The maximum absolute atomic E-state index is 11.3. The van der Waals surface area contributed by atoms with Crippen LogP contribution in [0, 0.1) is 0 Å². The molecule has 0 unspecified atom stereocenters. The van der Waals surface area contributed by atoms with E-state index >= 15 is 0 Å². The first-order chi connectivity index (χ1) is 9.13. The maximum atomic E-state index is 11.3. The van der Waals surface area contributed by atoms with Gasteiger partial charge in [-0.2, -0.15) is 0 Å². The molecule has 4 heteroatoms. The van der Waals surface area contributed by atoms with E-state index in [0.29, 0.717) is 6.04 Å². The number of benzene rings is 1. The molecule has 106 valence electrons. The van der Waals surface area contributed by atoms with Crippen LogP contribution in [0.2, 0.25) is 0 Å². The second-order valence-electron chi connectivity index (χ2n) is 5.48. The Kier molecular flexibility index (Phi) is 5.55. The Morgan fingerprint density at radius 1 is 1.16 bits per heavy atom. The first-order valence-corrected chi connectivity index (χ1v) is 8.51. The lowest BCUT2D eigenvalue weighted by Gasteiger charge is -2.26. The highest BCUT2D eigenvalue weighted by atomic mass is 32.2. The van der Waals surface area contributed by atoms with Crippen LogP contribution in [0.5, 0.6) is 0 Å². The summed E-state index contributed by atoms with van der Waals surface area (Å²) in [5.74, 6) is 1.66. The maximum Gasteiger partial charge on any atom is 0.0363 e. The molecule has 0 radical (unpaired) electrons. The molecule has 1 aliphatic rings. The van der Waals surface area contributed by atoms with Crippen LogP contribution in [0.4, 0.5) is 0 Å². The summed E-state index contributed by atoms with van der Waals surface area (Å²) in [7, 11) is -0.580. The average molecular weight is 280 g/mol. The number of hydrogen-bond donors (Lipinski definition) is 1. The molecule has 1 aliphatic heterocycles. The summed E-state index contributed by atoms with van der Waals surface area (Å²) in [5, 5.41) is 3.42. The molecule has 1 aromatic rings. The Morgan fingerprint density at radius 3 is 2.32 bits per heavy atom. The van der Waals surface area contributed by atoms with Gasteiger partial charge in [-0.1, -0.05) is 38.1 Å². The molecule has 1 heterocycles. The third-order valence-corrected chi connectivity index (χ3v) is 4.69. The van der Waals surface area contributed by atoms with Gasteiger partial charge in [0.25, 0.3) is 0 Å². The molecule has 0 bridgehead atoms. The van der Waals surface area contributed by atoms with Crippen LogP contribution >= 0.6 is 0 Å². The molecule has 2 rings (SSSR count). The van der Waals surface area contributed by atoms with Crippen molar-refractivity contribution in [3.05, 3.63) is 35.4 Å². The normalized spacial score (nSPS) is 18.1. The Labute approximate surface area is 118 Å². The summed E-state index contributed by atoms with van der Waals surface area (Å²) in [4.78, 5) is 2.39. The Hall–Kier alpha value is -0.710. The molecule has 0 aromatic heterocycles. The first-order valence-electron chi connectivity index (χ1n) is 7.02. The molecule has 0 saturated carbocycles. The van der Waals surface area contributed by atoms with Gasteiger partial charge in [0, 0.05) is 54.5 Å². The molecule has 0 spiro atoms. The van der Waals surface area contributed by atoms with Gasteiger partial charge >= 0.3 is 0 Å². The van der Waals surface area contributed by atoms with E-state index in [1.54, 1.807) is 0 Å². The van der Waals surface area contributed by atoms with Crippen molar-refractivity contribution in [2.45, 2.75) is 33.0 Å². The van der Waals surface area contributed by atoms with Gasteiger partial charge in [0.1, 0.15) is 0 Å². The van der Waals surface area contributed by atoms with Crippen LogP contribution in [-0.2, 0) is 23.9 Å². The fraction of sp³-hybridized carbons (Fsp3) is 0.600. The van der Waals surface area contributed by atoms with Gasteiger partial charge in [-0.15, -0.1) is 0 Å². The van der Waals surface area contributed by atoms with E-state index in [1.165, 1.54) is 11.1 Å². The SMILES string of the molecule is CC(C)NCc1ccc(CN2CCS(=O)CC2)cc1. The van der Waals surface area contributed by atoms with Crippen LogP contribution in [0.3, 0.4) is 0 Å². The summed E-state index contributed by atoms with van der Waals surface area (Å²) in [6.07, 6.45) is 0. The van der Waals surface area contributed by atoms with Crippen LogP contribution in [0.15, 0.2) is 24.3 Å². The Bertz CT molecular complexity index is 407. The van der Waals surface area contributed by atoms with Gasteiger partial charge in [-0.25, -0.2) is 0 Å². The van der Waals surface area contributed by atoms with Crippen molar-refractivity contribution in [1.82, 2.24) is 10.2 Å². The van der Waals surface area contributed by atoms with Gasteiger partial charge in [0.2, 0.25) is 0 Å². The zero-order valence-corrected chi connectivity index (χ0v) is 12.7. The second kappa shape index (κ2) is 7.17. The van der Waals surface area contributed by atoms with Crippen molar-refractivity contribution in [3.63, 3.8) is 0 Å². The molecule has 1 saturated heterocycles. The van der Waals surface area contributed by atoms with Crippen molar-refractivity contribution in [2.75, 3.05) is 24.6 Å². The van der Waals surface area contributed by atoms with Gasteiger partial charge in [-0.3, -0.25) is 9.11 Å². The average Bonchev–Trinajstić information content (AvgIpc) is 2.40. The minimum absolute atomic E-state index is 0.522. The van der Waals surface area contributed by atoms with Crippen LogP contribution in [-0.4, -0.2) is 39.7 Å². The lowest BCUT2D eigenvalue weighted by molar-refractivity contribution is 0.291. The molecule has 0 aliphatic carbocycles. The zero-order valence-electron chi connectivity index (χ0n) is 11.9. The van der Waals surface area contributed by atoms with Crippen molar-refractivity contribution < 1.29 is 4.21 Å². The van der Waals surface area contributed by atoms with Crippen LogP contribution in [0.1, 0.15) is 25.0 Å². The summed E-state index contributed by atoms with van der Waals surface area (Å²) in [6, 6.07) is 9.35. The van der Waals surface area contributed by atoms with E-state index in [2.05, 4.69) is 48.3 Å². The lowest BCUT2D eigenvalue weighted by atomic mass is 10.1. The van der Waals surface area contributed by atoms with Crippen molar-refractivity contribution in [2.24, 2.45) is 0 Å². The summed E-state index contributed by atoms with van der Waals surface area (Å²) < 4.78 is 11.3. The van der Waals surface area contributed by atoms with Crippen molar-refractivity contribution >= 4 is 10.8 Å². The Balaban J connectivity index is 1.83. The number of nitrogens with zero attached hydrogens (tertiary/aromatic N) is 1. The topological polar surface area (TPSA) is 32.3 Å². The van der Waals surface area contributed by atoms with Gasteiger partial charge in [0.05, 0.1) is 0 Å². The minimum Gasteiger partial charge on any atom is -0.310 e. The quantitative estimate of drug-likeness (QED) is 0.892. The standard InChI is InChI=1S/C15H24N2OS/c1-13(2)16-11-14-3-5-15(6-4-14)12-17-7-9-19(18)10-8-17/h3-6,13,16H,7-12H2,1-2H3. The van der Waals surface area contributed by atoms with E-state index in [0.717, 1.165) is 37.7 Å². The second-order valence-corrected chi connectivity index (χ2v) is 7.17. The van der Waals surface area contributed by atoms with Crippen LogP contribution < -0.4 is 5.32 Å². The number of rotatable bonds is 5. The zero-order chi connectivity index (χ0) is 13.7. The van der Waals surface area contributed by atoms with Crippen LogP contribution in [0.25, 0.3) is 0 Å². The molecule has 1 N–H and O–H groups in total. The molecule has 1 aromatic carbocycles. The fourth-order valence-corrected chi connectivity index (χ4v) is 3.30. The third kappa shape index (κ3) is 5.05. The lowest BCUT2D eigenvalue weighted by Crippen LogP contribution is -2.37. The molecule has 1 fully saturated rings. The highest BCUT2D eigenvalue weighted by Gasteiger charge is 2.14. The van der Waals surface area contributed by atoms with E-state index in [9.17, 15) is 4.21 Å². The predicted molar refractivity (Wildman–Crippen MR) is 81.6 cm³/mol. The monoisotopic (exact) mass is 280 g/mol. The first kappa shape index (κ1) is 14.7. The molecule has 3 nitrogen and oxygen atoms in total. The largest absolute Gasteiger partial charge is 0.310 e. The predicted octanol–water partition coefficient (Wildman–Crippen LogP) is 1.75. The fourth-order valence-electron chi connectivity index (χ4n) is 2.18. The molecule has 0 atom stereocenters. The Morgan fingerprint density at radius 2 is 1.74 bits per heavy atom. The molecule has 0 amide bonds. The van der Waals surface area contributed by atoms with Gasteiger partial charge in [-0.05, 0) is 11.1 Å². The number of nitrogens with one attached hydrogen (secondary N) is 1. The minimum atomic E-state index is -0.580. The highest BCUT2D eigenvalue weighted by molar-refractivity contribution is 7.85. The van der Waals surface area contributed by atoms with E-state index < -0.39 is 10.8 Å². The van der Waals surface area contributed by atoms with E-state index in [1.807, 2.05) is 0 Å². The summed E-state index contributed by atoms with van der Waals surface area (Å²) >= 11 is 0. The molecule has 19 heavy (non-hydrogen) atoms. The van der Waals surface area contributed by atoms with Gasteiger partial charge < -0.3 is 5.32 Å². The molecular weight excluding hydrogens is 256 g/mol. The van der Waals surface area contributed by atoms with E-state index in [-0.39, 0.29) is 0 Å². The van der Waals surface area contributed by atoms with Crippen molar-refractivity contribution in [1.29, 1.82) is 0 Å². The smallest absolute Gasteiger partial charge is 0.0363 e. The molecular formula is C15H24N2OS. The third-order valence-electron chi connectivity index (χ3n) is 3.41. The summed E-state index contributed by atoms with van der Waals surface area (Å²) in [6.45, 7) is 8.16. The highest BCUT2D eigenvalue weighted by Crippen LogP contribution is 2.10. The number of hydrogen-bond acceptors (Lipinski definition) is 3. The summed E-state index contributed by atoms with van der Waals surface area (Å²) in [5.41, 5.74) is 2.68.